The summed E-state index contributed by atoms with van der Waals surface area (Å²) in [5.41, 5.74) is 4.71. The summed E-state index contributed by atoms with van der Waals surface area (Å²) >= 11 is 0. The first-order valence-corrected chi connectivity index (χ1v) is 10.5. The van der Waals surface area contributed by atoms with Gasteiger partial charge in [0, 0.05) is 6.54 Å². The van der Waals surface area contributed by atoms with Crippen LogP contribution in [0.15, 0.2) is 66.7 Å². The van der Waals surface area contributed by atoms with Crippen LogP contribution in [-0.4, -0.2) is 20.4 Å². The first kappa shape index (κ1) is 19.5. The molecule has 0 bridgehead atoms. The van der Waals surface area contributed by atoms with E-state index in [-0.39, 0.29) is 12.8 Å². The summed E-state index contributed by atoms with van der Waals surface area (Å²) in [7, 11) is 1.69. The maximum Gasteiger partial charge on any atom is 0.231 e. The van der Waals surface area contributed by atoms with Crippen molar-refractivity contribution in [1.29, 1.82) is 0 Å². The molecule has 31 heavy (non-hydrogen) atoms. The van der Waals surface area contributed by atoms with Crippen molar-refractivity contribution in [3.8, 4) is 23.0 Å². The highest BCUT2D eigenvalue weighted by Crippen LogP contribution is 2.37. The Morgan fingerprint density at radius 3 is 2.74 bits per heavy atom. The number of rotatable bonds is 6. The number of methoxy groups -OCH3 is 1. The fourth-order valence-corrected chi connectivity index (χ4v) is 4.00. The van der Waals surface area contributed by atoms with E-state index in [1.165, 1.54) is 11.1 Å². The van der Waals surface area contributed by atoms with E-state index in [1.807, 2.05) is 36.4 Å². The summed E-state index contributed by atoms with van der Waals surface area (Å²) in [6.07, 6.45) is 5.25. The molecule has 0 saturated carbocycles. The summed E-state index contributed by atoms with van der Waals surface area (Å²) in [4.78, 5) is 0. The molecule has 1 atom stereocenters. The summed E-state index contributed by atoms with van der Waals surface area (Å²) in [6.45, 7) is 1.71. The molecule has 0 spiro atoms. The van der Waals surface area contributed by atoms with Crippen molar-refractivity contribution in [3.63, 3.8) is 0 Å². The fourth-order valence-electron chi connectivity index (χ4n) is 4.00. The largest absolute Gasteiger partial charge is 0.493 e. The van der Waals surface area contributed by atoms with Crippen LogP contribution in [0.4, 0.5) is 0 Å². The maximum atomic E-state index is 6.10. The highest BCUT2D eigenvalue weighted by molar-refractivity contribution is 5.58. The molecule has 2 aliphatic heterocycles. The van der Waals surface area contributed by atoms with Crippen molar-refractivity contribution in [2.24, 2.45) is 0 Å². The molecule has 0 fully saturated rings. The molecule has 3 aromatic rings. The zero-order chi connectivity index (χ0) is 21.0. The average Bonchev–Trinajstić information content (AvgIpc) is 3.29. The van der Waals surface area contributed by atoms with E-state index in [9.17, 15) is 0 Å². The van der Waals surface area contributed by atoms with Gasteiger partial charge in [-0.15, -0.1) is 0 Å². The van der Waals surface area contributed by atoms with Gasteiger partial charge in [-0.1, -0.05) is 48.6 Å². The summed E-state index contributed by atoms with van der Waals surface area (Å²) < 4.78 is 22.6. The first-order valence-electron chi connectivity index (χ1n) is 10.5. The number of nitrogens with one attached hydrogen (secondary N) is 1. The zero-order valence-corrected chi connectivity index (χ0v) is 17.5. The van der Waals surface area contributed by atoms with Crippen molar-refractivity contribution in [2.75, 3.05) is 20.4 Å². The van der Waals surface area contributed by atoms with E-state index in [0.29, 0.717) is 6.61 Å². The van der Waals surface area contributed by atoms with Crippen molar-refractivity contribution in [3.05, 3.63) is 89.0 Å². The third-order valence-corrected chi connectivity index (χ3v) is 5.63. The Morgan fingerprint density at radius 2 is 1.87 bits per heavy atom. The van der Waals surface area contributed by atoms with Crippen molar-refractivity contribution >= 4 is 6.08 Å². The molecule has 2 aliphatic rings. The number of fused-ring (bicyclic) bond motifs is 2. The minimum absolute atomic E-state index is 0.103. The molecule has 0 saturated heterocycles. The van der Waals surface area contributed by atoms with Crippen LogP contribution >= 0.6 is 0 Å². The molecule has 5 rings (SSSR count). The van der Waals surface area contributed by atoms with E-state index in [1.54, 1.807) is 7.11 Å². The standard InChI is InChI=1S/C26H25NO4/c1-28-24-15-21-20(14-26(24)29-16-19-5-3-2-4-6-19)11-12-27-22(21)9-7-18-8-10-23-25(13-18)31-17-30-23/h2-10,13-15,22,27H,11-12,16-17H2,1H3/b9-7+. The second kappa shape index (κ2) is 8.74. The molecule has 0 aliphatic carbocycles. The van der Waals surface area contributed by atoms with Crippen LogP contribution in [0.25, 0.3) is 6.08 Å². The van der Waals surface area contributed by atoms with Gasteiger partial charge in [0.1, 0.15) is 6.61 Å². The average molecular weight is 415 g/mol. The lowest BCUT2D eigenvalue weighted by Crippen LogP contribution is -2.28. The number of hydrogen-bond donors (Lipinski definition) is 1. The van der Waals surface area contributed by atoms with Crippen LogP contribution in [-0.2, 0) is 13.0 Å². The monoisotopic (exact) mass is 415 g/mol. The normalized spacial score (nSPS) is 16.9. The molecule has 0 amide bonds. The van der Waals surface area contributed by atoms with Gasteiger partial charge < -0.3 is 24.3 Å². The molecule has 0 aromatic heterocycles. The number of hydrogen-bond acceptors (Lipinski definition) is 5. The Bertz CT molecular complexity index is 1090. The summed E-state index contributed by atoms with van der Waals surface area (Å²) in [5, 5.41) is 3.59. The van der Waals surface area contributed by atoms with E-state index >= 15 is 0 Å². The van der Waals surface area contributed by atoms with Crippen molar-refractivity contribution in [2.45, 2.75) is 19.1 Å². The molecule has 0 radical (unpaired) electrons. The third-order valence-electron chi connectivity index (χ3n) is 5.63. The number of ether oxygens (including phenoxy) is 4. The van der Waals surface area contributed by atoms with Gasteiger partial charge in [0.25, 0.3) is 0 Å². The van der Waals surface area contributed by atoms with Crippen LogP contribution in [0, 0.1) is 0 Å². The van der Waals surface area contributed by atoms with Gasteiger partial charge >= 0.3 is 0 Å². The first-order chi connectivity index (χ1) is 15.3. The van der Waals surface area contributed by atoms with Gasteiger partial charge in [-0.25, -0.2) is 0 Å². The van der Waals surface area contributed by atoms with Gasteiger partial charge in [0.15, 0.2) is 23.0 Å². The van der Waals surface area contributed by atoms with Gasteiger partial charge in [0.05, 0.1) is 13.2 Å². The Balaban J connectivity index is 1.37. The summed E-state index contributed by atoms with van der Waals surface area (Å²) in [6, 6.07) is 20.5. The van der Waals surface area contributed by atoms with Crippen LogP contribution in [0.3, 0.4) is 0 Å². The number of benzene rings is 3. The molecule has 1 unspecified atom stereocenters. The Kier molecular flexibility index (Phi) is 5.50. The topological polar surface area (TPSA) is 49.0 Å². The predicted molar refractivity (Wildman–Crippen MR) is 120 cm³/mol. The van der Waals surface area contributed by atoms with Gasteiger partial charge in [-0.05, 0) is 52.9 Å². The highest BCUT2D eigenvalue weighted by atomic mass is 16.7. The van der Waals surface area contributed by atoms with Crippen LogP contribution in [0.2, 0.25) is 0 Å². The van der Waals surface area contributed by atoms with Crippen molar-refractivity contribution < 1.29 is 18.9 Å². The molecule has 5 nitrogen and oxygen atoms in total. The SMILES string of the molecule is COc1cc2c(cc1OCc1ccccc1)CCNC2/C=C/c1ccc2c(c1)OCO2. The lowest BCUT2D eigenvalue weighted by Gasteiger charge is -2.26. The van der Waals surface area contributed by atoms with Crippen LogP contribution < -0.4 is 24.3 Å². The van der Waals surface area contributed by atoms with Gasteiger partial charge in [0.2, 0.25) is 6.79 Å². The minimum atomic E-state index is 0.103. The molecule has 3 aromatic carbocycles. The molecular weight excluding hydrogens is 390 g/mol. The second-order valence-electron chi connectivity index (χ2n) is 7.63. The highest BCUT2D eigenvalue weighted by Gasteiger charge is 2.21. The van der Waals surface area contributed by atoms with E-state index in [2.05, 4.69) is 41.7 Å². The minimum Gasteiger partial charge on any atom is -0.493 e. The molecule has 158 valence electrons. The lowest BCUT2D eigenvalue weighted by molar-refractivity contribution is 0.174. The zero-order valence-electron chi connectivity index (χ0n) is 17.5. The summed E-state index contributed by atoms with van der Waals surface area (Å²) in [5.74, 6) is 3.12. The predicted octanol–water partition coefficient (Wildman–Crippen LogP) is 4.90. The van der Waals surface area contributed by atoms with Crippen molar-refractivity contribution in [1.82, 2.24) is 5.32 Å². The maximum absolute atomic E-state index is 6.10. The van der Waals surface area contributed by atoms with Crippen LogP contribution in [0.5, 0.6) is 23.0 Å². The van der Waals surface area contributed by atoms with E-state index in [4.69, 9.17) is 18.9 Å². The molecule has 2 heterocycles. The van der Waals surface area contributed by atoms with Crippen LogP contribution in [0.1, 0.15) is 28.3 Å². The van der Waals surface area contributed by atoms with E-state index in [0.717, 1.165) is 47.1 Å². The third kappa shape index (κ3) is 4.23. The quantitative estimate of drug-likeness (QED) is 0.620. The second-order valence-corrected chi connectivity index (χ2v) is 7.63. The Labute approximate surface area is 182 Å². The molecule has 5 heteroatoms. The van der Waals surface area contributed by atoms with Gasteiger partial charge in [-0.2, -0.15) is 0 Å². The van der Waals surface area contributed by atoms with Gasteiger partial charge in [-0.3, -0.25) is 0 Å². The smallest absolute Gasteiger partial charge is 0.231 e. The Morgan fingerprint density at radius 1 is 1.00 bits per heavy atom. The fraction of sp³-hybridized carbons (Fsp3) is 0.231. The molecule has 1 N–H and O–H groups in total. The lowest BCUT2D eigenvalue weighted by atomic mass is 9.93. The Hall–Kier alpha value is -3.44. The van der Waals surface area contributed by atoms with E-state index < -0.39 is 0 Å². The molecular formula is C26H25NO4.